The fraction of sp³-hybridized carbons (Fsp3) is 0.500. The number of amides is 1. The second-order valence-corrected chi connectivity index (χ2v) is 7.10. The van der Waals surface area contributed by atoms with Crippen LogP contribution in [0, 0.1) is 0 Å². The summed E-state index contributed by atoms with van der Waals surface area (Å²) in [6, 6.07) is 11.0. The summed E-state index contributed by atoms with van der Waals surface area (Å²) in [6.07, 6.45) is 8.46. The first-order valence-electron chi connectivity index (χ1n) is 9.62. The van der Waals surface area contributed by atoms with E-state index in [1.54, 1.807) is 6.92 Å². The van der Waals surface area contributed by atoms with E-state index in [9.17, 15) is 4.79 Å². The van der Waals surface area contributed by atoms with E-state index in [0.717, 1.165) is 18.6 Å². The summed E-state index contributed by atoms with van der Waals surface area (Å²) in [6.45, 7) is 4.42. The standard InChI is InChI=1S/C22H29NO2/c1-3-17-13-18-9-10-21(25-20-7-5-4-6-8-20)15-22(18)19(14-17)11-12-23-16(2)24/h9-10,13-15,20H,3-8,11-12H2,1-2H3,(H,23,24). The van der Waals surface area contributed by atoms with E-state index in [1.165, 1.54) is 54.0 Å². The zero-order valence-electron chi connectivity index (χ0n) is 15.4. The molecule has 0 bridgehead atoms. The van der Waals surface area contributed by atoms with E-state index in [-0.39, 0.29) is 5.91 Å². The molecule has 1 N–H and O–H groups in total. The lowest BCUT2D eigenvalue weighted by Crippen LogP contribution is -2.22. The van der Waals surface area contributed by atoms with Gasteiger partial charge in [0.1, 0.15) is 5.75 Å². The SMILES string of the molecule is CCc1cc(CCNC(C)=O)c2cc(OC3CCCCC3)ccc2c1. The minimum Gasteiger partial charge on any atom is -0.490 e. The molecule has 0 saturated heterocycles. The Kier molecular flexibility index (Phi) is 5.95. The van der Waals surface area contributed by atoms with Crippen LogP contribution in [0.15, 0.2) is 30.3 Å². The number of hydrogen-bond acceptors (Lipinski definition) is 2. The molecule has 3 heteroatoms. The zero-order chi connectivity index (χ0) is 17.6. The van der Waals surface area contributed by atoms with Crippen LogP contribution < -0.4 is 10.1 Å². The Hall–Kier alpha value is -2.03. The van der Waals surface area contributed by atoms with Gasteiger partial charge in [-0.25, -0.2) is 0 Å². The molecule has 0 aliphatic heterocycles. The van der Waals surface area contributed by atoms with Gasteiger partial charge in [-0.05, 0) is 72.6 Å². The van der Waals surface area contributed by atoms with Crippen molar-refractivity contribution in [3.05, 3.63) is 41.5 Å². The molecule has 2 aromatic carbocycles. The van der Waals surface area contributed by atoms with Gasteiger partial charge in [-0.1, -0.05) is 31.5 Å². The van der Waals surface area contributed by atoms with Gasteiger partial charge in [0, 0.05) is 13.5 Å². The van der Waals surface area contributed by atoms with Gasteiger partial charge in [-0.3, -0.25) is 4.79 Å². The monoisotopic (exact) mass is 339 g/mol. The largest absolute Gasteiger partial charge is 0.490 e. The minimum atomic E-state index is 0.0253. The maximum Gasteiger partial charge on any atom is 0.216 e. The van der Waals surface area contributed by atoms with Crippen LogP contribution in [0.25, 0.3) is 10.8 Å². The maximum absolute atomic E-state index is 11.2. The summed E-state index contributed by atoms with van der Waals surface area (Å²) in [5, 5.41) is 5.41. The van der Waals surface area contributed by atoms with Crippen molar-refractivity contribution < 1.29 is 9.53 Å². The molecule has 1 amide bonds. The Bertz CT molecular complexity index is 732. The number of nitrogens with one attached hydrogen (secondary N) is 1. The molecule has 3 rings (SSSR count). The predicted molar refractivity (Wildman–Crippen MR) is 103 cm³/mol. The third-order valence-electron chi connectivity index (χ3n) is 5.10. The van der Waals surface area contributed by atoms with Crippen LogP contribution >= 0.6 is 0 Å². The Morgan fingerprint density at radius 3 is 2.68 bits per heavy atom. The van der Waals surface area contributed by atoms with Crippen molar-refractivity contribution in [1.29, 1.82) is 0 Å². The second kappa shape index (κ2) is 8.37. The van der Waals surface area contributed by atoms with E-state index < -0.39 is 0 Å². The first-order valence-corrected chi connectivity index (χ1v) is 9.62. The summed E-state index contributed by atoms with van der Waals surface area (Å²) < 4.78 is 6.25. The summed E-state index contributed by atoms with van der Waals surface area (Å²) in [5.41, 5.74) is 2.63. The van der Waals surface area contributed by atoms with Crippen LogP contribution in [-0.4, -0.2) is 18.6 Å². The van der Waals surface area contributed by atoms with E-state index in [2.05, 4.69) is 42.6 Å². The van der Waals surface area contributed by atoms with E-state index >= 15 is 0 Å². The van der Waals surface area contributed by atoms with Gasteiger partial charge in [0.15, 0.2) is 0 Å². The molecule has 0 aromatic heterocycles. The van der Waals surface area contributed by atoms with Gasteiger partial charge in [0.25, 0.3) is 0 Å². The van der Waals surface area contributed by atoms with Gasteiger partial charge in [-0.15, -0.1) is 0 Å². The van der Waals surface area contributed by atoms with Crippen molar-refractivity contribution in [2.24, 2.45) is 0 Å². The van der Waals surface area contributed by atoms with Crippen LogP contribution in [-0.2, 0) is 17.6 Å². The van der Waals surface area contributed by atoms with Gasteiger partial charge in [0.05, 0.1) is 6.10 Å². The average Bonchev–Trinajstić information content (AvgIpc) is 2.62. The molecular formula is C22H29NO2. The Morgan fingerprint density at radius 1 is 1.16 bits per heavy atom. The molecule has 1 aliphatic carbocycles. The van der Waals surface area contributed by atoms with Crippen LogP contribution in [0.5, 0.6) is 5.75 Å². The van der Waals surface area contributed by atoms with Gasteiger partial charge < -0.3 is 10.1 Å². The Balaban J connectivity index is 1.85. The number of carbonyl (C=O) groups is 1. The summed E-state index contributed by atoms with van der Waals surface area (Å²) >= 11 is 0. The highest BCUT2D eigenvalue weighted by molar-refractivity contribution is 5.88. The topological polar surface area (TPSA) is 38.3 Å². The second-order valence-electron chi connectivity index (χ2n) is 7.10. The highest BCUT2D eigenvalue weighted by Crippen LogP contribution is 2.29. The number of fused-ring (bicyclic) bond motifs is 1. The smallest absolute Gasteiger partial charge is 0.216 e. The fourth-order valence-corrected chi connectivity index (χ4v) is 3.72. The third kappa shape index (κ3) is 4.75. The van der Waals surface area contributed by atoms with Crippen LogP contribution in [0.2, 0.25) is 0 Å². The van der Waals surface area contributed by atoms with Gasteiger partial charge >= 0.3 is 0 Å². The van der Waals surface area contributed by atoms with Crippen LogP contribution in [0.4, 0.5) is 0 Å². The van der Waals surface area contributed by atoms with Crippen molar-refractivity contribution in [2.45, 2.75) is 64.9 Å². The molecule has 0 spiro atoms. The molecule has 0 atom stereocenters. The van der Waals surface area contributed by atoms with Gasteiger partial charge in [0.2, 0.25) is 5.91 Å². The molecule has 2 aromatic rings. The quantitative estimate of drug-likeness (QED) is 0.821. The normalized spacial score (nSPS) is 15.3. The molecule has 0 radical (unpaired) electrons. The highest BCUT2D eigenvalue weighted by atomic mass is 16.5. The molecule has 0 unspecified atom stereocenters. The minimum absolute atomic E-state index is 0.0253. The summed E-state index contributed by atoms with van der Waals surface area (Å²) in [7, 11) is 0. The lowest BCUT2D eigenvalue weighted by molar-refractivity contribution is -0.118. The molecule has 0 heterocycles. The number of rotatable bonds is 6. The van der Waals surface area contributed by atoms with E-state index in [1.807, 2.05) is 0 Å². The third-order valence-corrected chi connectivity index (χ3v) is 5.10. The van der Waals surface area contributed by atoms with E-state index in [0.29, 0.717) is 12.6 Å². The van der Waals surface area contributed by atoms with Crippen LogP contribution in [0.1, 0.15) is 57.1 Å². The first kappa shape index (κ1) is 17.8. The lowest BCUT2D eigenvalue weighted by atomic mass is 9.96. The number of hydrogen-bond donors (Lipinski definition) is 1. The van der Waals surface area contributed by atoms with Gasteiger partial charge in [-0.2, -0.15) is 0 Å². The van der Waals surface area contributed by atoms with E-state index in [4.69, 9.17) is 4.74 Å². The number of ether oxygens (including phenoxy) is 1. The highest BCUT2D eigenvalue weighted by Gasteiger charge is 2.15. The number of aryl methyl sites for hydroxylation is 1. The van der Waals surface area contributed by atoms with Crippen molar-refractivity contribution in [3.8, 4) is 5.75 Å². The molecule has 3 nitrogen and oxygen atoms in total. The average molecular weight is 339 g/mol. The first-order chi connectivity index (χ1) is 12.2. The van der Waals surface area contributed by atoms with Crippen LogP contribution in [0.3, 0.4) is 0 Å². The Morgan fingerprint density at radius 2 is 1.96 bits per heavy atom. The van der Waals surface area contributed by atoms with Crippen molar-refractivity contribution >= 4 is 16.7 Å². The molecule has 1 aliphatic rings. The molecular weight excluding hydrogens is 310 g/mol. The number of carbonyl (C=O) groups excluding carboxylic acids is 1. The fourth-order valence-electron chi connectivity index (χ4n) is 3.72. The summed E-state index contributed by atoms with van der Waals surface area (Å²) in [4.78, 5) is 11.2. The van der Waals surface area contributed by atoms with Crippen molar-refractivity contribution in [1.82, 2.24) is 5.32 Å². The molecule has 1 fully saturated rings. The van der Waals surface area contributed by atoms with Crippen molar-refractivity contribution in [3.63, 3.8) is 0 Å². The summed E-state index contributed by atoms with van der Waals surface area (Å²) in [5.74, 6) is 1.00. The molecule has 1 saturated carbocycles. The lowest BCUT2D eigenvalue weighted by Gasteiger charge is -2.23. The Labute approximate surface area is 150 Å². The molecule has 25 heavy (non-hydrogen) atoms. The van der Waals surface area contributed by atoms with Crippen molar-refractivity contribution in [2.75, 3.05) is 6.54 Å². The zero-order valence-corrected chi connectivity index (χ0v) is 15.4. The maximum atomic E-state index is 11.2. The molecule has 134 valence electrons. The number of benzene rings is 2. The predicted octanol–water partition coefficient (Wildman–Crippen LogP) is 4.79.